The largest absolute Gasteiger partial charge is 0.496 e. The number of morpholine rings is 1. The SMILES string of the molecule is CCn1cc(CN2C(=O)/C(=C\c3ccc(OC)c(CN4CCOCC4)c3)NC2=S)cn1. The molecule has 0 aliphatic carbocycles. The van der Waals surface area contributed by atoms with E-state index in [0.29, 0.717) is 17.4 Å². The first-order valence-electron chi connectivity index (χ1n) is 10.4. The van der Waals surface area contributed by atoms with Crippen LogP contribution in [0, 0.1) is 0 Å². The second-order valence-corrected chi connectivity index (χ2v) is 7.93. The van der Waals surface area contributed by atoms with Crippen LogP contribution in [-0.2, 0) is 29.2 Å². The molecule has 0 bridgehead atoms. The molecule has 2 saturated heterocycles. The Morgan fingerprint density at radius 1 is 1.29 bits per heavy atom. The van der Waals surface area contributed by atoms with Crippen molar-refractivity contribution < 1.29 is 14.3 Å². The van der Waals surface area contributed by atoms with Crippen LogP contribution in [0.1, 0.15) is 23.6 Å². The fraction of sp³-hybridized carbons (Fsp3) is 0.409. The van der Waals surface area contributed by atoms with Gasteiger partial charge in [0, 0.05) is 43.5 Å². The fourth-order valence-electron chi connectivity index (χ4n) is 3.74. The topological polar surface area (TPSA) is 71.9 Å². The van der Waals surface area contributed by atoms with Gasteiger partial charge in [-0.3, -0.25) is 19.3 Å². The van der Waals surface area contributed by atoms with Gasteiger partial charge in [-0.2, -0.15) is 5.10 Å². The number of ether oxygens (including phenoxy) is 2. The minimum absolute atomic E-state index is 0.139. The van der Waals surface area contributed by atoms with Crippen molar-refractivity contribution in [2.45, 2.75) is 26.6 Å². The number of carbonyl (C=O) groups excluding carboxylic acids is 1. The van der Waals surface area contributed by atoms with Crippen molar-refractivity contribution in [3.05, 3.63) is 53.0 Å². The van der Waals surface area contributed by atoms with Gasteiger partial charge in [0.2, 0.25) is 0 Å². The van der Waals surface area contributed by atoms with Gasteiger partial charge >= 0.3 is 0 Å². The summed E-state index contributed by atoms with van der Waals surface area (Å²) in [6.07, 6.45) is 5.54. The van der Waals surface area contributed by atoms with Gasteiger partial charge in [0.15, 0.2) is 5.11 Å². The second-order valence-electron chi connectivity index (χ2n) is 7.54. The normalized spacial score (nSPS) is 18.6. The number of hydrogen-bond donors (Lipinski definition) is 1. The Hall–Kier alpha value is -2.75. The minimum Gasteiger partial charge on any atom is -0.496 e. The molecule has 0 atom stereocenters. The molecule has 8 nitrogen and oxygen atoms in total. The van der Waals surface area contributed by atoms with E-state index in [1.807, 2.05) is 36.0 Å². The summed E-state index contributed by atoms with van der Waals surface area (Å²) in [6, 6.07) is 5.95. The third kappa shape index (κ3) is 4.95. The number of rotatable bonds is 7. The maximum atomic E-state index is 13.0. The third-order valence-electron chi connectivity index (χ3n) is 5.43. The molecule has 1 aromatic heterocycles. The predicted octanol–water partition coefficient (Wildman–Crippen LogP) is 2.00. The van der Waals surface area contributed by atoms with Crippen LogP contribution in [-0.4, -0.2) is 64.0 Å². The lowest BCUT2D eigenvalue weighted by Gasteiger charge is -2.27. The van der Waals surface area contributed by atoms with Crippen molar-refractivity contribution in [3.8, 4) is 5.75 Å². The van der Waals surface area contributed by atoms with Crippen LogP contribution >= 0.6 is 12.2 Å². The van der Waals surface area contributed by atoms with Crippen LogP contribution in [0.4, 0.5) is 0 Å². The number of hydrogen-bond acceptors (Lipinski definition) is 6. The Bertz CT molecular complexity index is 997. The monoisotopic (exact) mass is 441 g/mol. The van der Waals surface area contributed by atoms with Crippen LogP contribution < -0.4 is 10.1 Å². The summed E-state index contributed by atoms with van der Waals surface area (Å²) in [7, 11) is 1.68. The van der Waals surface area contributed by atoms with Crippen LogP contribution in [0.3, 0.4) is 0 Å². The summed E-state index contributed by atoms with van der Waals surface area (Å²) in [5.74, 6) is 0.698. The van der Waals surface area contributed by atoms with E-state index < -0.39 is 0 Å². The lowest BCUT2D eigenvalue weighted by molar-refractivity contribution is -0.122. The summed E-state index contributed by atoms with van der Waals surface area (Å²) in [6.45, 7) is 7.26. The number of methoxy groups -OCH3 is 1. The highest BCUT2D eigenvalue weighted by Gasteiger charge is 2.31. The summed E-state index contributed by atoms with van der Waals surface area (Å²) in [5, 5.41) is 7.73. The molecule has 31 heavy (non-hydrogen) atoms. The Morgan fingerprint density at radius 3 is 2.81 bits per heavy atom. The molecule has 0 unspecified atom stereocenters. The average molecular weight is 442 g/mol. The molecule has 0 spiro atoms. The van der Waals surface area contributed by atoms with Crippen LogP contribution in [0.25, 0.3) is 6.08 Å². The predicted molar refractivity (Wildman–Crippen MR) is 121 cm³/mol. The highest BCUT2D eigenvalue weighted by molar-refractivity contribution is 7.80. The molecular weight excluding hydrogens is 414 g/mol. The molecule has 1 N–H and O–H groups in total. The molecule has 0 saturated carbocycles. The Morgan fingerprint density at radius 2 is 2.10 bits per heavy atom. The molecule has 4 rings (SSSR count). The first-order valence-corrected chi connectivity index (χ1v) is 10.8. The molecule has 2 fully saturated rings. The fourth-order valence-corrected chi connectivity index (χ4v) is 3.99. The second kappa shape index (κ2) is 9.59. The molecule has 1 amide bonds. The molecule has 9 heteroatoms. The first kappa shape index (κ1) is 21.5. The van der Waals surface area contributed by atoms with E-state index in [1.165, 1.54) is 0 Å². The van der Waals surface area contributed by atoms with E-state index in [-0.39, 0.29) is 5.91 Å². The molecular formula is C22H27N5O3S. The first-order chi connectivity index (χ1) is 15.1. The molecule has 0 radical (unpaired) electrons. The zero-order valence-electron chi connectivity index (χ0n) is 17.8. The van der Waals surface area contributed by atoms with E-state index in [0.717, 1.165) is 61.8 Å². The Kier molecular flexibility index (Phi) is 6.64. The van der Waals surface area contributed by atoms with Crippen molar-refractivity contribution in [1.29, 1.82) is 0 Å². The van der Waals surface area contributed by atoms with Gasteiger partial charge in [0.1, 0.15) is 11.4 Å². The van der Waals surface area contributed by atoms with E-state index >= 15 is 0 Å². The van der Waals surface area contributed by atoms with Gasteiger partial charge in [-0.15, -0.1) is 0 Å². The number of nitrogens with zero attached hydrogens (tertiary/aromatic N) is 4. The number of aryl methyl sites for hydroxylation is 1. The van der Waals surface area contributed by atoms with Crippen molar-refractivity contribution in [2.24, 2.45) is 0 Å². The lowest BCUT2D eigenvalue weighted by Crippen LogP contribution is -2.35. The van der Waals surface area contributed by atoms with Gasteiger partial charge in [-0.05, 0) is 42.9 Å². The minimum atomic E-state index is -0.139. The number of amides is 1. The van der Waals surface area contributed by atoms with Crippen LogP contribution in [0.2, 0.25) is 0 Å². The molecule has 1 aromatic carbocycles. The maximum Gasteiger partial charge on any atom is 0.276 e. The standard InChI is InChI=1S/C22H27N5O3S/c1-3-26-13-17(12-23-26)14-27-21(28)19(24-22(27)31)11-16-4-5-20(29-2)18(10-16)15-25-6-8-30-9-7-25/h4-5,10-13H,3,6-9,14-15H2,1-2H3,(H,24,31)/b19-11+. The van der Waals surface area contributed by atoms with Gasteiger partial charge in [-0.25, -0.2) is 0 Å². The van der Waals surface area contributed by atoms with Crippen molar-refractivity contribution in [3.63, 3.8) is 0 Å². The van der Waals surface area contributed by atoms with E-state index in [2.05, 4.69) is 21.4 Å². The number of carbonyl (C=O) groups is 1. The zero-order valence-corrected chi connectivity index (χ0v) is 18.7. The van der Waals surface area contributed by atoms with Gasteiger partial charge in [0.05, 0.1) is 33.1 Å². The van der Waals surface area contributed by atoms with E-state index in [9.17, 15) is 4.79 Å². The Balaban J connectivity index is 1.51. The number of thiocarbonyl (C=S) groups is 1. The number of aromatic nitrogens is 2. The molecule has 2 aliphatic heterocycles. The molecule has 2 aliphatic rings. The average Bonchev–Trinajstić information content (AvgIpc) is 3.35. The molecule has 3 heterocycles. The highest BCUT2D eigenvalue weighted by Crippen LogP contribution is 2.24. The smallest absolute Gasteiger partial charge is 0.276 e. The number of nitrogens with one attached hydrogen (secondary N) is 1. The third-order valence-corrected chi connectivity index (χ3v) is 5.75. The number of benzene rings is 1. The summed E-state index contributed by atoms with van der Waals surface area (Å²) < 4.78 is 12.8. The zero-order chi connectivity index (χ0) is 21.8. The van der Waals surface area contributed by atoms with Crippen molar-refractivity contribution in [2.75, 3.05) is 33.4 Å². The van der Waals surface area contributed by atoms with E-state index in [4.69, 9.17) is 21.7 Å². The van der Waals surface area contributed by atoms with Gasteiger partial charge in [0.25, 0.3) is 5.91 Å². The maximum absolute atomic E-state index is 13.0. The highest BCUT2D eigenvalue weighted by atomic mass is 32.1. The summed E-state index contributed by atoms with van der Waals surface area (Å²) in [4.78, 5) is 16.9. The molecule has 2 aromatic rings. The van der Waals surface area contributed by atoms with Gasteiger partial charge < -0.3 is 14.8 Å². The quantitative estimate of drug-likeness (QED) is 0.521. The lowest BCUT2D eigenvalue weighted by atomic mass is 10.1. The molecule has 164 valence electrons. The van der Waals surface area contributed by atoms with Crippen molar-refractivity contribution >= 4 is 29.3 Å². The summed E-state index contributed by atoms with van der Waals surface area (Å²) in [5.41, 5.74) is 3.41. The van der Waals surface area contributed by atoms with E-state index in [1.54, 1.807) is 18.2 Å². The van der Waals surface area contributed by atoms with Crippen LogP contribution in [0.15, 0.2) is 36.3 Å². The van der Waals surface area contributed by atoms with Crippen LogP contribution in [0.5, 0.6) is 5.75 Å². The van der Waals surface area contributed by atoms with Gasteiger partial charge in [-0.1, -0.05) is 6.07 Å². The Labute approximate surface area is 187 Å². The summed E-state index contributed by atoms with van der Waals surface area (Å²) >= 11 is 5.41. The van der Waals surface area contributed by atoms with Crippen molar-refractivity contribution in [1.82, 2.24) is 24.9 Å².